The summed E-state index contributed by atoms with van der Waals surface area (Å²) in [7, 11) is 0. The van der Waals surface area contributed by atoms with E-state index >= 15 is 0 Å². The van der Waals surface area contributed by atoms with Gasteiger partial charge < -0.3 is 5.11 Å². The van der Waals surface area contributed by atoms with Crippen LogP contribution in [0, 0.1) is 28.6 Å². The van der Waals surface area contributed by atoms with Crippen LogP contribution < -0.4 is 0 Å². The van der Waals surface area contributed by atoms with Gasteiger partial charge in [-0.05, 0) is 42.9 Å². The second-order valence-electron chi connectivity index (χ2n) is 8.96. The molecule has 1 saturated carbocycles. The van der Waals surface area contributed by atoms with Crippen LogP contribution in [0.15, 0.2) is 11.6 Å². The number of hydrogen-bond donors (Lipinski definition) is 1. The molecule has 5 atom stereocenters. The molecule has 128 valence electrons. The minimum atomic E-state index is -0.720. The number of ketones is 2. The van der Waals surface area contributed by atoms with Crippen molar-refractivity contribution in [3.63, 3.8) is 0 Å². The second kappa shape index (κ2) is 5.54. The van der Waals surface area contributed by atoms with Crippen LogP contribution in [-0.4, -0.2) is 22.8 Å². The summed E-state index contributed by atoms with van der Waals surface area (Å²) in [5.74, 6) is 0.590. The Morgan fingerprint density at radius 1 is 1.17 bits per heavy atom. The topological polar surface area (TPSA) is 54.4 Å². The van der Waals surface area contributed by atoms with Crippen LogP contribution >= 0.6 is 0 Å². The molecular formula is C20H30O3. The van der Waals surface area contributed by atoms with E-state index in [4.69, 9.17) is 0 Å². The quantitative estimate of drug-likeness (QED) is 0.741. The Kier molecular flexibility index (Phi) is 4.07. The first-order valence-corrected chi connectivity index (χ1v) is 9.14. The summed E-state index contributed by atoms with van der Waals surface area (Å²) in [6.07, 6.45) is 6.15. The molecule has 1 fully saturated rings. The van der Waals surface area contributed by atoms with Crippen molar-refractivity contribution >= 4 is 11.6 Å². The van der Waals surface area contributed by atoms with E-state index in [9.17, 15) is 14.7 Å². The van der Waals surface area contributed by atoms with Crippen molar-refractivity contribution in [3.05, 3.63) is 11.6 Å². The number of aliphatic hydroxyl groups excluding tert-OH is 1. The molecule has 0 unspecified atom stereocenters. The Bertz CT molecular complexity index is 559. The molecule has 0 saturated heterocycles. The standard InChI is InChI=1S/C20H30O3/c1-12-13-6-7-17(22)20(4)9-5-8-19(2,3)16(20)11-15(21)14(10-13)18(12)23/h10,12-13,15-16,21H,5-9,11H2,1-4H3/t12-,13-,15-,16-,20-/m1/s1. The van der Waals surface area contributed by atoms with E-state index in [1.165, 1.54) is 0 Å². The van der Waals surface area contributed by atoms with Gasteiger partial charge in [0.1, 0.15) is 5.78 Å². The molecule has 3 rings (SSSR count). The SMILES string of the molecule is C[C@H]1C(=O)C2=C[C@H]1CCC(=O)[C@]1(C)CCCC(C)(C)[C@H]1C[C@H]2O. The second-order valence-corrected chi connectivity index (χ2v) is 8.96. The zero-order valence-corrected chi connectivity index (χ0v) is 14.9. The molecule has 0 spiro atoms. The van der Waals surface area contributed by atoms with Crippen molar-refractivity contribution in [3.8, 4) is 0 Å². The number of hydrogen-bond acceptors (Lipinski definition) is 3. The lowest BCUT2D eigenvalue weighted by Gasteiger charge is -2.51. The summed E-state index contributed by atoms with van der Waals surface area (Å²) >= 11 is 0. The van der Waals surface area contributed by atoms with Gasteiger partial charge in [-0.2, -0.15) is 0 Å². The fraction of sp³-hybridized carbons (Fsp3) is 0.800. The maximum atomic E-state index is 13.1. The predicted molar refractivity (Wildman–Crippen MR) is 89.8 cm³/mol. The average molecular weight is 318 g/mol. The maximum absolute atomic E-state index is 13.1. The number of fused-ring (bicyclic) bond motifs is 2. The van der Waals surface area contributed by atoms with Crippen LogP contribution in [0.3, 0.4) is 0 Å². The van der Waals surface area contributed by atoms with Crippen LogP contribution in [-0.2, 0) is 9.59 Å². The van der Waals surface area contributed by atoms with Crippen LogP contribution in [0.4, 0.5) is 0 Å². The number of Topliss-reactive ketones (excluding diaryl/α,β-unsaturated/α-hetero) is 2. The van der Waals surface area contributed by atoms with E-state index in [1.807, 2.05) is 13.0 Å². The van der Waals surface area contributed by atoms with Crippen LogP contribution in [0.5, 0.6) is 0 Å². The molecule has 0 aromatic carbocycles. The molecule has 0 amide bonds. The number of carbonyl (C=O) groups is 2. The van der Waals surface area contributed by atoms with E-state index < -0.39 is 6.10 Å². The van der Waals surface area contributed by atoms with Crippen LogP contribution in [0.1, 0.15) is 66.2 Å². The third kappa shape index (κ3) is 2.61. The molecule has 3 nitrogen and oxygen atoms in total. The minimum Gasteiger partial charge on any atom is -0.388 e. The van der Waals surface area contributed by atoms with E-state index in [2.05, 4.69) is 20.8 Å². The highest BCUT2D eigenvalue weighted by atomic mass is 16.3. The van der Waals surface area contributed by atoms with Gasteiger partial charge in [0.25, 0.3) is 0 Å². The lowest BCUT2D eigenvalue weighted by atomic mass is 9.53. The molecule has 3 aliphatic carbocycles. The molecule has 23 heavy (non-hydrogen) atoms. The molecule has 3 heteroatoms. The molecule has 0 radical (unpaired) electrons. The maximum Gasteiger partial charge on any atom is 0.164 e. The number of rotatable bonds is 0. The van der Waals surface area contributed by atoms with Gasteiger partial charge in [-0.15, -0.1) is 0 Å². The van der Waals surface area contributed by atoms with Crippen LogP contribution in [0.2, 0.25) is 0 Å². The first-order chi connectivity index (χ1) is 10.7. The average Bonchev–Trinajstić information content (AvgIpc) is 2.75. The van der Waals surface area contributed by atoms with Crippen molar-refractivity contribution in [2.45, 2.75) is 72.3 Å². The van der Waals surface area contributed by atoms with Gasteiger partial charge in [-0.25, -0.2) is 0 Å². The number of allylic oxidation sites excluding steroid dienone is 1. The van der Waals surface area contributed by atoms with Gasteiger partial charge in [0, 0.05) is 23.3 Å². The highest BCUT2D eigenvalue weighted by Gasteiger charge is 2.52. The molecular weight excluding hydrogens is 288 g/mol. The van der Waals surface area contributed by atoms with Gasteiger partial charge in [-0.3, -0.25) is 9.59 Å². The van der Waals surface area contributed by atoms with Gasteiger partial charge >= 0.3 is 0 Å². The van der Waals surface area contributed by atoms with Crippen molar-refractivity contribution in [2.75, 3.05) is 0 Å². The fourth-order valence-corrected chi connectivity index (χ4v) is 5.49. The van der Waals surface area contributed by atoms with Crippen molar-refractivity contribution in [1.82, 2.24) is 0 Å². The largest absolute Gasteiger partial charge is 0.388 e. The number of carbonyl (C=O) groups excluding carboxylic acids is 2. The molecule has 3 aliphatic rings. The highest BCUT2D eigenvalue weighted by Crippen LogP contribution is 2.55. The van der Waals surface area contributed by atoms with Gasteiger partial charge in [0.15, 0.2) is 5.78 Å². The summed E-state index contributed by atoms with van der Waals surface area (Å²) < 4.78 is 0. The number of aliphatic hydroxyl groups is 1. The molecule has 2 bridgehead atoms. The van der Waals surface area contributed by atoms with E-state index in [1.54, 1.807) is 0 Å². The molecule has 0 aromatic rings. The van der Waals surface area contributed by atoms with Crippen molar-refractivity contribution < 1.29 is 14.7 Å². The fourth-order valence-electron chi connectivity index (χ4n) is 5.49. The van der Waals surface area contributed by atoms with Crippen molar-refractivity contribution in [2.24, 2.45) is 28.6 Å². The zero-order valence-electron chi connectivity index (χ0n) is 14.9. The molecule has 0 aromatic heterocycles. The molecule has 1 N–H and O–H groups in total. The summed E-state index contributed by atoms with van der Waals surface area (Å²) in [6, 6.07) is 0. The predicted octanol–water partition coefficient (Wildman–Crippen LogP) is 3.69. The first kappa shape index (κ1) is 16.9. The van der Waals surface area contributed by atoms with E-state index in [0.29, 0.717) is 24.2 Å². The van der Waals surface area contributed by atoms with E-state index in [-0.39, 0.29) is 34.4 Å². The first-order valence-electron chi connectivity index (χ1n) is 9.14. The van der Waals surface area contributed by atoms with Crippen LogP contribution in [0.25, 0.3) is 0 Å². The Hall–Kier alpha value is -0.960. The minimum absolute atomic E-state index is 0.0239. The summed E-state index contributed by atoms with van der Waals surface area (Å²) in [5.41, 5.74) is 0.281. The Labute approximate surface area is 139 Å². The Balaban J connectivity index is 2.01. The molecule has 0 heterocycles. The smallest absolute Gasteiger partial charge is 0.164 e. The highest BCUT2D eigenvalue weighted by molar-refractivity contribution is 6.00. The summed E-state index contributed by atoms with van der Waals surface area (Å²) in [4.78, 5) is 25.6. The zero-order chi connectivity index (χ0) is 17.0. The van der Waals surface area contributed by atoms with Gasteiger partial charge in [0.05, 0.1) is 6.10 Å². The summed E-state index contributed by atoms with van der Waals surface area (Å²) in [5, 5.41) is 10.8. The lowest BCUT2D eigenvalue weighted by molar-refractivity contribution is -0.140. The van der Waals surface area contributed by atoms with Gasteiger partial charge in [-0.1, -0.05) is 40.2 Å². The monoisotopic (exact) mass is 318 g/mol. The summed E-state index contributed by atoms with van der Waals surface area (Å²) in [6.45, 7) is 8.48. The van der Waals surface area contributed by atoms with Crippen molar-refractivity contribution in [1.29, 1.82) is 0 Å². The Morgan fingerprint density at radius 2 is 1.87 bits per heavy atom. The Morgan fingerprint density at radius 3 is 2.57 bits per heavy atom. The van der Waals surface area contributed by atoms with Gasteiger partial charge in [0.2, 0.25) is 0 Å². The molecule has 0 aliphatic heterocycles. The third-order valence-electron chi connectivity index (χ3n) is 7.12. The third-order valence-corrected chi connectivity index (χ3v) is 7.12. The van der Waals surface area contributed by atoms with E-state index in [0.717, 1.165) is 25.7 Å². The normalized spacial score (nSPS) is 43.8. The lowest BCUT2D eigenvalue weighted by Crippen LogP contribution is -2.48.